The summed E-state index contributed by atoms with van der Waals surface area (Å²) in [7, 11) is 0. The van der Waals surface area contributed by atoms with Crippen LogP contribution in [0.4, 0.5) is 0 Å². The lowest BCUT2D eigenvalue weighted by atomic mass is 10.1. The van der Waals surface area contributed by atoms with Crippen LogP contribution in [0.3, 0.4) is 0 Å². The highest BCUT2D eigenvalue weighted by Gasteiger charge is 2.23. The first-order valence-electron chi connectivity index (χ1n) is 10.9. The molecule has 2 aromatic carbocycles. The molecule has 1 fully saturated rings. The zero-order valence-corrected chi connectivity index (χ0v) is 17.7. The summed E-state index contributed by atoms with van der Waals surface area (Å²) in [5.41, 5.74) is 3.66. The van der Waals surface area contributed by atoms with Crippen LogP contribution in [0.1, 0.15) is 40.3 Å². The van der Waals surface area contributed by atoms with Crippen molar-refractivity contribution >= 4 is 5.91 Å². The lowest BCUT2D eigenvalue weighted by Gasteiger charge is -2.20. The van der Waals surface area contributed by atoms with Crippen molar-refractivity contribution in [2.45, 2.75) is 38.5 Å². The minimum atomic E-state index is 0.00147. The average molecular weight is 428 g/mol. The first kappa shape index (κ1) is 20.3. The third kappa shape index (κ3) is 5.15. The van der Waals surface area contributed by atoms with Gasteiger partial charge in [-0.1, -0.05) is 47.6 Å². The van der Waals surface area contributed by atoms with Crippen molar-refractivity contribution in [3.05, 3.63) is 102 Å². The van der Waals surface area contributed by atoms with Gasteiger partial charge in [-0.15, -0.1) is 0 Å². The molecule has 0 spiro atoms. The van der Waals surface area contributed by atoms with Crippen molar-refractivity contribution in [3.8, 4) is 11.3 Å². The summed E-state index contributed by atoms with van der Waals surface area (Å²) >= 11 is 0. The van der Waals surface area contributed by atoms with Gasteiger partial charge in [-0.2, -0.15) is 0 Å². The molecule has 32 heavy (non-hydrogen) atoms. The van der Waals surface area contributed by atoms with Crippen LogP contribution in [-0.4, -0.2) is 22.0 Å². The van der Waals surface area contributed by atoms with E-state index < -0.39 is 0 Å². The van der Waals surface area contributed by atoms with Crippen molar-refractivity contribution in [3.63, 3.8) is 0 Å². The molecule has 0 saturated heterocycles. The maximum absolute atomic E-state index is 12.2. The summed E-state index contributed by atoms with van der Waals surface area (Å²) in [4.78, 5) is 14.5. The van der Waals surface area contributed by atoms with Crippen molar-refractivity contribution in [2.24, 2.45) is 0 Å². The Morgan fingerprint density at radius 2 is 1.72 bits per heavy atom. The van der Waals surface area contributed by atoms with Crippen LogP contribution in [0.5, 0.6) is 0 Å². The molecule has 0 aliphatic heterocycles. The molecular weight excluding hydrogens is 402 g/mol. The topological polar surface area (TPSA) is 71.5 Å². The Morgan fingerprint density at radius 1 is 0.938 bits per heavy atom. The summed E-state index contributed by atoms with van der Waals surface area (Å²) in [6.07, 6.45) is 3.85. The van der Waals surface area contributed by atoms with Gasteiger partial charge in [0.15, 0.2) is 5.76 Å². The molecule has 0 atom stereocenters. The van der Waals surface area contributed by atoms with Gasteiger partial charge in [-0.3, -0.25) is 9.69 Å². The fourth-order valence-electron chi connectivity index (χ4n) is 3.66. The van der Waals surface area contributed by atoms with E-state index in [-0.39, 0.29) is 5.91 Å². The van der Waals surface area contributed by atoms with Gasteiger partial charge in [0, 0.05) is 29.8 Å². The van der Waals surface area contributed by atoms with Gasteiger partial charge in [-0.25, -0.2) is 0 Å². The van der Waals surface area contributed by atoms with Gasteiger partial charge in [0.05, 0.1) is 19.4 Å². The predicted molar refractivity (Wildman–Crippen MR) is 121 cm³/mol. The Kier molecular flexibility index (Phi) is 5.85. The van der Waals surface area contributed by atoms with E-state index in [1.165, 1.54) is 0 Å². The number of furan rings is 1. The molecule has 1 aliphatic rings. The summed E-state index contributed by atoms with van der Waals surface area (Å²) < 4.78 is 11.2. The molecule has 1 amide bonds. The Morgan fingerprint density at radius 3 is 2.44 bits per heavy atom. The molecule has 1 saturated carbocycles. The van der Waals surface area contributed by atoms with Crippen LogP contribution in [0, 0.1) is 0 Å². The Labute approximate surface area is 186 Å². The maximum Gasteiger partial charge on any atom is 0.251 e. The fourth-order valence-corrected chi connectivity index (χ4v) is 3.66. The molecule has 162 valence electrons. The monoisotopic (exact) mass is 427 g/mol. The SMILES string of the molecule is O=C(NC1CC1)c1ccc(CN(Cc2ccco2)Cc2cc(-c3ccccc3)no2)cc1. The highest BCUT2D eigenvalue weighted by atomic mass is 16.5. The van der Waals surface area contributed by atoms with E-state index >= 15 is 0 Å². The van der Waals surface area contributed by atoms with Crippen LogP contribution in [0.25, 0.3) is 11.3 Å². The van der Waals surface area contributed by atoms with Gasteiger partial charge >= 0.3 is 0 Å². The summed E-state index contributed by atoms with van der Waals surface area (Å²) in [5.74, 6) is 1.67. The van der Waals surface area contributed by atoms with E-state index in [1.807, 2.05) is 72.8 Å². The van der Waals surface area contributed by atoms with Crippen molar-refractivity contribution < 1.29 is 13.7 Å². The molecule has 0 radical (unpaired) electrons. The molecule has 1 N–H and O–H groups in total. The second-order valence-corrected chi connectivity index (χ2v) is 8.21. The quantitative estimate of drug-likeness (QED) is 0.406. The van der Waals surface area contributed by atoms with Gasteiger partial charge in [0.25, 0.3) is 5.91 Å². The molecule has 2 aromatic heterocycles. The van der Waals surface area contributed by atoms with E-state index in [0.717, 1.165) is 41.2 Å². The lowest BCUT2D eigenvalue weighted by molar-refractivity contribution is 0.0951. The fraction of sp³-hybridized carbons (Fsp3) is 0.231. The number of aromatic nitrogens is 1. The number of amides is 1. The van der Waals surface area contributed by atoms with Crippen LogP contribution in [-0.2, 0) is 19.6 Å². The molecular formula is C26H25N3O3. The molecule has 2 heterocycles. The Hall–Kier alpha value is -3.64. The maximum atomic E-state index is 12.2. The number of benzene rings is 2. The minimum Gasteiger partial charge on any atom is -0.468 e. The summed E-state index contributed by atoms with van der Waals surface area (Å²) in [6.45, 7) is 1.91. The number of rotatable bonds is 9. The molecule has 5 rings (SSSR count). The number of nitrogens with zero attached hydrogens (tertiary/aromatic N) is 2. The third-order valence-corrected chi connectivity index (χ3v) is 5.50. The van der Waals surface area contributed by atoms with Gasteiger partial charge < -0.3 is 14.3 Å². The molecule has 0 unspecified atom stereocenters. The minimum absolute atomic E-state index is 0.00147. The van der Waals surface area contributed by atoms with E-state index in [9.17, 15) is 4.79 Å². The normalized spacial score (nSPS) is 13.4. The number of hydrogen-bond donors (Lipinski definition) is 1. The van der Waals surface area contributed by atoms with E-state index in [2.05, 4.69) is 15.4 Å². The summed E-state index contributed by atoms with van der Waals surface area (Å²) in [5, 5.41) is 7.26. The number of nitrogens with one attached hydrogen (secondary N) is 1. The third-order valence-electron chi connectivity index (χ3n) is 5.50. The first-order chi connectivity index (χ1) is 15.7. The van der Waals surface area contributed by atoms with Crippen LogP contribution in [0.15, 0.2) is 88.0 Å². The zero-order valence-electron chi connectivity index (χ0n) is 17.7. The number of carbonyl (C=O) groups excluding carboxylic acids is 1. The highest BCUT2D eigenvalue weighted by molar-refractivity contribution is 5.94. The Bertz CT molecular complexity index is 1150. The molecule has 1 aliphatic carbocycles. The average Bonchev–Trinajstić information content (AvgIpc) is 3.27. The zero-order chi connectivity index (χ0) is 21.8. The highest BCUT2D eigenvalue weighted by Crippen LogP contribution is 2.22. The van der Waals surface area contributed by atoms with Gasteiger partial charge in [0.1, 0.15) is 11.5 Å². The number of carbonyl (C=O) groups is 1. The predicted octanol–water partition coefficient (Wildman–Crippen LogP) is 5.03. The second-order valence-electron chi connectivity index (χ2n) is 8.21. The van der Waals surface area contributed by atoms with Crippen LogP contribution < -0.4 is 5.32 Å². The number of hydrogen-bond acceptors (Lipinski definition) is 5. The second kappa shape index (κ2) is 9.24. The smallest absolute Gasteiger partial charge is 0.251 e. The van der Waals surface area contributed by atoms with Crippen molar-refractivity contribution in [1.82, 2.24) is 15.4 Å². The van der Waals surface area contributed by atoms with Gasteiger partial charge in [-0.05, 0) is 42.7 Å². The van der Waals surface area contributed by atoms with Crippen molar-refractivity contribution in [1.29, 1.82) is 0 Å². The summed E-state index contributed by atoms with van der Waals surface area (Å²) in [6, 6.07) is 24.0. The molecule has 4 aromatic rings. The van der Waals surface area contributed by atoms with E-state index in [1.54, 1.807) is 6.26 Å². The van der Waals surface area contributed by atoms with Gasteiger partial charge in [0.2, 0.25) is 0 Å². The van der Waals surface area contributed by atoms with Crippen LogP contribution >= 0.6 is 0 Å². The van der Waals surface area contributed by atoms with E-state index in [0.29, 0.717) is 31.2 Å². The standard InChI is InChI=1S/C26H25N3O3/c30-26(27-22-12-13-22)21-10-8-19(9-11-21)16-29(17-23-7-4-14-31-23)18-24-15-25(28-32-24)20-5-2-1-3-6-20/h1-11,14-15,22H,12-13,16-18H2,(H,27,30). The molecule has 6 nitrogen and oxygen atoms in total. The molecule has 6 heteroatoms. The van der Waals surface area contributed by atoms with Crippen LogP contribution in [0.2, 0.25) is 0 Å². The Balaban J connectivity index is 1.29. The van der Waals surface area contributed by atoms with E-state index in [4.69, 9.17) is 8.94 Å². The molecule has 0 bridgehead atoms. The largest absolute Gasteiger partial charge is 0.468 e. The first-order valence-corrected chi connectivity index (χ1v) is 10.9. The van der Waals surface area contributed by atoms with Crippen molar-refractivity contribution in [2.75, 3.05) is 0 Å². The lowest BCUT2D eigenvalue weighted by Crippen LogP contribution is -2.25.